The monoisotopic (exact) mass is 777 g/mol. The lowest BCUT2D eigenvalue weighted by Crippen LogP contribution is -2.11. The predicted molar refractivity (Wildman–Crippen MR) is 219 cm³/mol. The van der Waals surface area contributed by atoms with Gasteiger partial charge in [-0.25, -0.2) is 0 Å². The largest absolute Gasteiger partial charge is 0.460 e. The van der Waals surface area contributed by atoms with Gasteiger partial charge in [0.1, 0.15) is 34.5 Å². The number of hydrogen-bond acceptors (Lipinski definition) is 9. The molecular weight excluding hydrogens is 735 g/mol. The fraction of sp³-hybridized carbons (Fsp3) is 0.143. The highest BCUT2D eigenvalue weighted by molar-refractivity contribution is 7.79. The van der Waals surface area contributed by atoms with Gasteiger partial charge in [0, 0.05) is 0 Å². The van der Waals surface area contributed by atoms with Gasteiger partial charge in [0.2, 0.25) is 0 Å². The van der Waals surface area contributed by atoms with E-state index in [-0.39, 0.29) is 0 Å². The van der Waals surface area contributed by atoms with Crippen molar-refractivity contribution in [3.05, 3.63) is 179 Å². The van der Waals surface area contributed by atoms with Crippen LogP contribution in [-0.2, 0) is 0 Å². The van der Waals surface area contributed by atoms with Gasteiger partial charge in [-0.2, -0.15) is 0 Å². The summed E-state index contributed by atoms with van der Waals surface area (Å²) < 4.78 is 57.7. The Morgan fingerprint density at radius 2 is 0.481 bits per heavy atom. The summed E-state index contributed by atoms with van der Waals surface area (Å²) in [6.45, 7) is 12.0. The highest BCUT2D eigenvalue weighted by atomic mass is 31.3. The summed E-state index contributed by atoms with van der Waals surface area (Å²) >= 11 is 0. The Morgan fingerprint density at radius 3 is 0.704 bits per heavy atom. The number of para-hydroxylation sites is 3. The first kappa shape index (κ1) is 37.1. The highest BCUT2D eigenvalue weighted by Gasteiger charge is 2.49. The highest BCUT2D eigenvalue weighted by Crippen LogP contribution is 2.78. The molecule has 0 fully saturated rings. The molecule has 12 heteroatoms. The van der Waals surface area contributed by atoms with Crippen molar-refractivity contribution in [2.75, 3.05) is 0 Å². The average molecular weight is 778 g/mol. The second-order valence-electron chi connectivity index (χ2n) is 13.2. The molecule has 6 aromatic rings. The predicted octanol–water partition coefficient (Wildman–Crippen LogP) is 14.2. The fourth-order valence-corrected chi connectivity index (χ4v) is 15.0. The summed E-state index contributed by atoms with van der Waals surface area (Å²) in [5.41, 5.74) is 5.95. The van der Waals surface area contributed by atoms with Crippen LogP contribution in [0, 0.1) is 41.5 Å². The molecule has 9 nitrogen and oxygen atoms in total. The topological polar surface area (TPSA) is 92.5 Å². The van der Waals surface area contributed by atoms with Gasteiger partial charge in [0.15, 0.2) is 0 Å². The molecule has 0 aromatic heterocycles. The van der Waals surface area contributed by atoms with Gasteiger partial charge in [-0.1, -0.05) is 86.3 Å². The first-order chi connectivity index (χ1) is 26.0. The van der Waals surface area contributed by atoms with Crippen LogP contribution >= 0.6 is 23.0 Å². The van der Waals surface area contributed by atoms with E-state index in [4.69, 9.17) is 40.7 Å². The lowest BCUT2D eigenvalue weighted by molar-refractivity contribution is 0.443. The van der Waals surface area contributed by atoms with E-state index >= 15 is 0 Å². The van der Waals surface area contributed by atoms with Crippen molar-refractivity contribution >= 4 is 23.0 Å². The molecule has 0 unspecified atom stereocenters. The molecular formula is C42H42N3O6P3. The van der Waals surface area contributed by atoms with Crippen LogP contribution in [0.5, 0.6) is 34.5 Å². The number of hydrogen-bond donors (Lipinski definition) is 0. The SMILES string of the molecule is Cc1cc(C)cc(OP2(Oc3ccccc3)=NP(Oc3ccccc3)(Oc3cc(C)cc(C)c3)=NP(Oc3ccccc3)(Oc3cc(C)cc(C)c3)=N2)c1. The molecule has 0 atom stereocenters. The minimum absolute atomic E-state index is 0.470. The summed E-state index contributed by atoms with van der Waals surface area (Å²) in [4.78, 5) is 0. The average Bonchev–Trinajstić information content (AvgIpc) is 3.07. The molecule has 276 valence electrons. The van der Waals surface area contributed by atoms with Crippen LogP contribution in [0.25, 0.3) is 0 Å². The first-order valence-electron chi connectivity index (χ1n) is 17.4. The summed E-state index contributed by atoms with van der Waals surface area (Å²) in [5.74, 6) is 2.91. The third-order valence-corrected chi connectivity index (χ3v) is 16.0. The van der Waals surface area contributed by atoms with Crippen LogP contribution in [0.2, 0.25) is 0 Å². The van der Waals surface area contributed by atoms with Crippen LogP contribution in [0.3, 0.4) is 0 Å². The van der Waals surface area contributed by atoms with Crippen molar-refractivity contribution in [2.45, 2.75) is 41.5 Å². The van der Waals surface area contributed by atoms with Crippen molar-refractivity contribution in [3.8, 4) is 34.5 Å². The normalized spacial score (nSPS) is 20.3. The maximum Gasteiger partial charge on any atom is 0.460 e. The molecule has 0 bridgehead atoms. The molecule has 7 rings (SSSR count). The Balaban J connectivity index is 1.60. The van der Waals surface area contributed by atoms with Gasteiger partial charge in [-0.3, -0.25) is 0 Å². The minimum Gasteiger partial charge on any atom is -0.413 e. The van der Waals surface area contributed by atoms with E-state index in [0.717, 1.165) is 33.4 Å². The third kappa shape index (κ3) is 9.29. The second kappa shape index (κ2) is 15.7. The van der Waals surface area contributed by atoms with Crippen molar-refractivity contribution in [1.82, 2.24) is 0 Å². The van der Waals surface area contributed by atoms with Gasteiger partial charge in [0.05, 0.1) is 0 Å². The minimum atomic E-state index is -3.96. The number of nitrogens with zero attached hydrogens (tertiary/aromatic N) is 3. The summed E-state index contributed by atoms with van der Waals surface area (Å²) in [6.07, 6.45) is 0. The third-order valence-electron chi connectivity index (χ3n) is 7.84. The van der Waals surface area contributed by atoms with E-state index < -0.39 is 23.0 Å². The van der Waals surface area contributed by atoms with Gasteiger partial charge >= 0.3 is 23.0 Å². The summed E-state index contributed by atoms with van der Waals surface area (Å²) in [5, 5.41) is 0. The Bertz CT molecular complexity index is 2110. The van der Waals surface area contributed by atoms with Crippen LogP contribution in [0.15, 0.2) is 159 Å². The zero-order chi connectivity index (χ0) is 37.8. The number of rotatable bonds is 12. The Kier molecular flexibility index (Phi) is 10.8. The molecule has 1 aliphatic rings. The molecule has 0 spiro atoms. The van der Waals surface area contributed by atoms with Gasteiger partial charge in [-0.15, -0.1) is 0 Å². The summed E-state index contributed by atoms with van der Waals surface area (Å²) in [7, 11) is -11.9. The van der Waals surface area contributed by atoms with Crippen LogP contribution in [-0.4, -0.2) is 0 Å². The van der Waals surface area contributed by atoms with Crippen molar-refractivity contribution in [1.29, 1.82) is 0 Å². The van der Waals surface area contributed by atoms with E-state index in [0.29, 0.717) is 34.5 Å². The van der Waals surface area contributed by atoms with Crippen molar-refractivity contribution < 1.29 is 27.1 Å². The molecule has 0 N–H and O–H groups in total. The first-order valence-corrected chi connectivity index (χ1v) is 22.0. The smallest absolute Gasteiger partial charge is 0.413 e. The number of benzene rings is 6. The standard InChI is InChI=1S/C42H42N3O6P3/c1-31-22-32(2)26-40(25-31)49-52(46-37-16-10-7-11-17-37)43-53(47-38-18-12-8-13-19-38,50-41-27-33(3)23-34(4)28-41)45-54(44-52,48-39-20-14-9-15-21-39)51-42-29-35(5)24-36(6)30-42/h7-30H,1-6H3. The van der Waals surface area contributed by atoms with E-state index in [1.807, 2.05) is 169 Å². The van der Waals surface area contributed by atoms with Crippen molar-refractivity contribution in [2.24, 2.45) is 13.5 Å². The van der Waals surface area contributed by atoms with E-state index in [2.05, 4.69) is 18.2 Å². The second-order valence-corrected chi connectivity index (χ2v) is 19.4. The zero-order valence-corrected chi connectivity index (χ0v) is 33.7. The van der Waals surface area contributed by atoms with E-state index in [9.17, 15) is 0 Å². The molecule has 1 aliphatic heterocycles. The van der Waals surface area contributed by atoms with E-state index in [1.54, 1.807) is 0 Å². The molecule has 0 amide bonds. The fourth-order valence-electron chi connectivity index (χ4n) is 5.98. The molecule has 0 radical (unpaired) electrons. The molecule has 1 heterocycles. The Morgan fingerprint density at radius 1 is 0.278 bits per heavy atom. The Labute approximate surface area is 317 Å². The van der Waals surface area contributed by atoms with Crippen molar-refractivity contribution in [3.63, 3.8) is 0 Å². The lowest BCUT2D eigenvalue weighted by atomic mass is 10.1. The van der Waals surface area contributed by atoms with Gasteiger partial charge < -0.3 is 27.1 Å². The van der Waals surface area contributed by atoms with Crippen LogP contribution < -0.4 is 27.1 Å². The molecule has 54 heavy (non-hydrogen) atoms. The van der Waals surface area contributed by atoms with E-state index in [1.165, 1.54) is 0 Å². The zero-order valence-electron chi connectivity index (χ0n) is 31.0. The van der Waals surface area contributed by atoms with Crippen LogP contribution in [0.4, 0.5) is 0 Å². The maximum atomic E-state index is 7.00. The molecule has 0 saturated heterocycles. The van der Waals surface area contributed by atoms with Gasteiger partial charge in [-0.05, 0) is 148 Å². The summed E-state index contributed by atoms with van der Waals surface area (Å²) in [6, 6.07) is 45.7. The molecule has 6 aromatic carbocycles. The molecule has 0 aliphatic carbocycles. The maximum absolute atomic E-state index is 7.00. The quantitative estimate of drug-likeness (QED) is 0.115. The molecule has 0 saturated carbocycles. The lowest BCUT2D eigenvalue weighted by Gasteiger charge is -2.33. The number of aryl methyl sites for hydroxylation is 6. The van der Waals surface area contributed by atoms with Crippen LogP contribution in [0.1, 0.15) is 33.4 Å². The Hall–Kier alpha value is -5.19. The van der Waals surface area contributed by atoms with Gasteiger partial charge in [0.25, 0.3) is 0 Å².